The molecule has 3 fully saturated rings. The summed E-state index contributed by atoms with van der Waals surface area (Å²) in [5, 5.41) is 0. The van der Waals surface area contributed by atoms with E-state index in [1.807, 2.05) is 14.2 Å². The molecule has 0 radical (unpaired) electrons. The highest BCUT2D eigenvalue weighted by molar-refractivity contribution is 5.29. The normalized spacial score (nSPS) is 37.4. The van der Waals surface area contributed by atoms with Crippen LogP contribution in [0.4, 0.5) is 0 Å². The molecule has 0 spiro atoms. The lowest BCUT2D eigenvalue weighted by molar-refractivity contribution is 0.00451. The van der Waals surface area contributed by atoms with E-state index in [9.17, 15) is 0 Å². The van der Waals surface area contributed by atoms with Gasteiger partial charge < -0.3 is 9.47 Å². The molecule has 0 bridgehead atoms. The van der Waals surface area contributed by atoms with Gasteiger partial charge in [0.25, 0.3) is 0 Å². The van der Waals surface area contributed by atoms with E-state index >= 15 is 0 Å². The molecule has 0 aromatic carbocycles. The van der Waals surface area contributed by atoms with E-state index in [1.165, 1.54) is 44.1 Å². The lowest BCUT2D eigenvalue weighted by Gasteiger charge is -2.45. The number of ether oxygens (including phenoxy) is 2. The Hall–Kier alpha value is -0.860. The maximum absolute atomic E-state index is 5.72. The summed E-state index contributed by atoms with van der Waals surface area (Å²) in [4.78, 5) is 0. The van der Waals surface area contributed by atoms with Crippen molar-refractivity contribution in [3.8, 4) is 0 Å². The quantitative estimate of drug-likeness (QED) is 0.341. The Kier molecular flexibility index (Phi) is 8.76. The second-order valence-corrected chi connectivity index (χ2v) is 12.6. The van der Waals surface area contributed by atoms with Gasteiger partial charge in [-0.1, -0.05) is 57.6 Å². The van der Waals surface area contributed by atoms with E-state index in [0.717, 1.165) is 42.9 Å². The van der Waals surface area contributed by atoms with Crippen molar-refractivity contribution in [2.45, 2.75) is 111 Å². The molecule has 3 saturated carbocycles. The van der Waals surface area contributed by atoms with Crippen molar-refractivity contribution < 1.29 is 9.47 Å². The lowest BCUT2D eigenvalue weighted by atomic mass is 9.59. The number of allylic oxidation sites excluding steroid dienone is 3. The summed E-state index contributed by atoms with van der Waals surface area (Å²) >= 11 is 0. The van der Waals surface area contributed by atoms with Crippen LogP contribution in [-0.2, 0) is 9.47 Å². The Balaban J connectivity index is 1.70. The summed E-state index contributed by atoms with van der Waals surface area (Å²) in [6.07, 6.45) is 16.6. The molecular weight excluding hydrogens is 404 g/mol. The average Bonchev–Trinajstić information content (AvgIpc) is 3.15. The van der Waals surface area contributed by atoms with Gasteiger partial charge in [0.2, 0.25) is 0 Å². The zero-order valence-electron chi connectivity index (χ0n) is 23.0. The van der Waals surface area contributed by atoms with Gasteiger partial charge in [-0.2, -0.15) is 0 Å². The van der Waals surface area contributed by atoms with Crippen molar-refractivity contribution in [2.24, 2.45) is 35.0 Å². The number of rotatable bonds is 8. The minimum absolute atomic E-state index is 0.00482. The van der Waals surface area contributed by atoms with Gasteiger partial charge in [-0.3, -0.25) is 0 Å². The SMILES string of the molecule is C=C1[C@H](C)C/C(=C/C=C2\CCC[C@@]3(C)C2CCC3[C@@H](C)[C@@H](C)CCC(C)(C)OC)C[C@H]1OC. The van der Waals surface area contributed by atoms with Crippen molar-refractivity contribution in [1.82, 2.24) is 0 Å². The van der Waals surface area contributed by atoms with Crippen LogP contribution in [0, 0.1) is 35.0 Å². The first-order chi connectivity index (χ1) is 15.5. The third kappa shape index (κ3) is 5.87. The van der Waals surface area contributed by atoms with Crippen LogP contribution in [0.5, 0.6) is 0 Å². The first-order valence-electron chi connectivity index (χ1n) is 13.7. The summed E-state index contributed by atoms with van der Waals surface area (Å²) in [6.45, 7) is 18.7. The smallest absolute Gasteiger partial charge is 0.0818 e. The van der Waals surface area contributed by atoms with Crippen molar-refractivity contribution >= 4 is 0 Å². The molecule has 0 saturated heterocycles. The summed E-state index contributed by atoms with van der Waals surface area (Å²) in [7, 11) is 3.68. The summed E-state index contributed by atoms with van der Waals surface area (Å²) in [5.41, 5.74) is 5.00. The summed E-state index contributed by atoms with van der Waals surface area (Å²) < 4.78 is 11.4. The van der Waals surface area contributed by atoms with Gasteiger partial charge in [-0.25, -0.2) is 0 Å². The van der Waals surface area contributed by atoms with Crippen molar-refractivity contribution in [3.63, 3.8) is 0 Å². The Morgan fingerprint density at radius 3 is 2.55 bits per heavy atom. The van der Waals surface area contributed by atoms with Crippen molar-refractivity contribution in [2.75, 3.05) is 14.2 Å². The van der Waals surface area contributed by atoms with E-state index in [2.05, 4.69) is 60.3 Å². The molecule has 0 N–H and O–H groups in total. The van der Waals surface area contributed by atoms with Gasteiger partial charge in [0.15, 0.2) is 0 Å². The van der Waals surface area contributed by atoms with E-state index in [0.29, 0.717) is 11.3 Å². The Morgan fingerprint density at radius 2 is 1.88 bits per heavy atom. The van der Waals surface area contributed by atoms with Crippen LogP contribution in [0.25, 0.3) is 0 Å². The van der Waals surface area contributed by atoms with E-state index in [4.69, 9.17) is 9.47 Å². The van der Waals surface area contributed by atoms with Crippen LogP contribution in [0.15, 0.2) is 35.5 Å². The predicted octanol–water partition coefficient (Wildman–Crippen LogP) is 8.53. The fourth-order valence-electron chi connectivity index (χ4n) is 7.37. The molecule has 3 aliphatic rings. The molecule has 2 unspecified atom stereocenters. The molecule has 2 nitrogen and oxygen atoms in total. The van der Waals surface area contributed by atoms with Crippen LogP contribution >= 0.6 is 0 Å². The highest BCUT2D eigenvalue weighted by Crippen LogP contribution is 2.60. The molecular formula is C31H52O2. The fraction of sp³-hybridized carbons (Fsp3) is 0.806. The Labute approximate surface area is 205 Å². The number of fused-ring (bicyclic) bond motifs is 1. The lowest BCUT2D eigenvalue weighted by Crippen LogP contribution is -2.37. The molecule has 0 aromatic heterocycles. The van der Waals surface area contributed by atoms with Crippen LogP contribution in [-0.4, -0.2) is 25.9 Å². The zero-order chi connectivity index (χ0) is 24.4. The maximum atomic E-state index is 5.72. The van der Waals surface area contributed by atoms with E-state index in [1.54, 1.807) is 11.1 Å². The molecule has 188 valence electrons. The standard InChI is InChI=1S/C31H52O2/c1-21(16-18-30(5,6)33-9)23(3)27-14-15-28-26(11-10-17-31(27,28)7)13-12-25-19-22(2)24(4)29(20-25)32-8/h12-13,21-23,27-29H,4,10-11,14-20H2,1-3,5-9H3/b25-12-,26-13+/t21-,22+,23-,27?,28?,29+,31+/m0/s1. The number of hydrogen-bond acceptors (Lipinski definition) is 2. The van der Waals surface area contributed by atoms with Crippen LogP contribution in [0.2, 0.25) is 0 Å². The predicted molar refractivity (Wildman–Crippen MR) is 141 cm³/mol. The second kappa shape index (κ2) is 10.8. The van der Waals surface area contributed by atoms with Gasteiger partial charge >= 0.3 is 0 Å². The molecule has 0 aliphatic heterocycles. The van der Waals surface area contributed by atoms with Crippen molar-refractivity contribution in [3.05, 3.63) is 35.5 Å². The molecule has 0 heterocycles. The van der Waals surface area contributed by atoms with Crippen LogP contribution in [0.3, 0.4) is 0 Å². The molecule has 33 heavy (non-hydrogen) atoms. The minimum atomic E-state index is -0.00482. The molecule has 3 rings (SSSR count). The number of methoxy groups -OCH3 is 2. The van der Waals surface area contributed by atoms with Crippen molar-refractivity contribution in [1.29, 1.82) is 0 Å². The average molecular weight is 457 g/mol. The van der Waals surface area contributed by atoms with Gasteiger partial charge in [0.05, 0.1) is 11.7 Å². The first-order valence-corrected chi connectivity index (χ1v) is 13.7. The monoisotopic (exact) mass is 456 g/mol. The highest BCUT2D eigenvalue weighted by atomic mass is 16.5. The van der Waals surface area contributed by atoms with E-state index in [-0.39, 0.29) is 11.7 Å². The van der Waals surface area contributed by atoms with Gasteiger partial charge in [-0.05, 0) is 112 Å². The minimum Gasteiger partial charge on any atom is -0.379 e. The first kappa shape index (κ1) is 26.7. The molecule has 0 amide bonds. The van der Waals surface area contributed by atoms with Gasteiger partial charge in [0.1, 0.15) is 0 Å². The third-order valence-corrected chi connectivity index (χ3v) is 10.2. The fourth-order valence-corrected chi connectivity index (χ4v) is 7.37. The van der Waals surface area contributed by atoms with Gasteiger partial charge in [0, 0.05) is 14.2 Å². The Bertz CT molecular complexity index is 744. The largest absolute Gasteiger partial charge is 0.379 e. The zero-order valence-corrected chi connectivity index (χ0v) is 23.0. The third-order valence-electron chi connectivity index (χ3n) is 10.2. The number of hydrogen-bond donors (Lipinski definition) is 0. The van der Waals surface area contributed by atoms with Crippen LogP contribution in [0.1, 0.15) is 99.3 Å². The maximum Gasteiger partial charge on any atom is 0.0818 e. The molecule has 0 aromatic rings. The molecule has 7 atom stereocenters. The highest BCUT2D eigenvalue weighted by Gasteiger charge is 2.51. The summed E-state index contributed by atoms with van der Waals surface area (Å²) in [6, 6.07) is 0. The van der Waals surface area contributed by atoms with Gasteiger partial charge in [-0.15, -0.1) is 0 Å². The molecule has 2 heteroatoms. The Morgan fingerprint density at radius 1 is 1.15 bits per heavy atom. The second-order valence-electron chi connectivity index (χ2n) is 12.6. The van der Waals surface area contributed by atoms with Crippen LogP contribution < -0.4 is 0 Å². The topological polar surface area (TPSA) is 18.5 Å². The van der Waals surface area contributed by atoms with E-state index < -0.39 is 0 Å². The summed E-state index contributed by atoms with van der Waals surface area (Å²) in [5.74, 6) is 3.66. The molecule has 3 aliphatic carbocycles.